The van der Waals surface area contributed by atoms with E-state index in [0.29, 0.717) is 12.0 Å². The summed E-state index contributed by atoms with van der Waals surface area (Å²) in [6.07, 6.45) is 4.12. The minimum absolute atomic E-state index is 0.432. The Hall–Kier alpha value is -0.900. The SMILES string of the molecule is CC(C)n1cnnc1C1CCCOC1. The van der Waals surface area contributed by atoms with Crippen molar-refractivity contribution in [3.63, 3.8) is 0 Å². The second-order valence-corrected chi connectivity index (χ2v) is 4.10. The molecule has 1 aromatic heterocycles. The molecular formula is C10H17N3O. The third-order valence-electron chi connectivity index (χ3n) is 2.68. The molecule has 78 valence electrons. The number of ether oxygens (including phenoxy) is 1. The fraction of sp³-hybridized carbons (Fsp3) is 0.800. The zero-order chi connectivity index (χ0) is 9.97. The highest BCUT2D eigenvalue weighted by molar-refractivity contribution is 4.98. The maximum Gasteiger partial charge on any atom is 0.138 e. The van der Waals surface area contributed by atoms with Crippen molar-refractivity contribution >= 4 is 0 Å². The Morgan fingerprint density at radius 3 is 3.07 bits per heavy atom. The molecule has 0 aliphatic carbocycles. The monoisotopic (exact) mass is 195 g/mol. The summed E-state index contributed by atoms with van der Waals surface area (Å²) in [7, 11) is 0. The van der Waals surface area contributed by atoms with Gasteiger partial charge in [-0.2, -0.15) is 0 Å². The van der Waals surface area contributed by atoms with Crippen LogP contribution in [0.1, 0.15) is 44.5 Å². The third-order valence-corrected chi connectivity index (χ3v) is 2.68. The van der Waals surface area contributed by atoms with Crippen LogP contribution < -0.4 is 0 Å². The highest BCUT2D eigenvalue weighted by Gasteiger charge is 2.21. The van der Waals surface area contributed by atoms with Crippen molar-refractivity contribution in [2.24, 2.45) is 0 Å². The smallest absolute Gasteiger partial charge is 0.138 e. The van der Waals surface area contributed by atoms with Gasteiger partial charge < -0.3 is 9.30 Å². The molecule has 4 heteroatoms. The molecule has 1 aliphatic heterocycles. The van der Waals surface area contributed by atoms with E-state index in [1.807, 2.05) is 6.33 Å². The Morgan fingerprint density at radius 1 is 1.57 bits per heavy atom. The van der Waals surface area contributed by atoms with E-state index in [1.165, 1.54) is 6.42 Å². The zero-order valence-electron chi connectivity index (χ0n) is 8.81. The lowest BCUT2D eigenvalue weighted by molar-refractivity contribution is 0.0766. The molecule has 1 unspecified atom stereocenters. The van der Waals surface area contributed by atoms with Crippen molar-refractivity contribution in [1.82, 2.24) is 14.8 Å². The van der Waals surface area contributed by atoms with Crippen molar-refractivity contribution in [1.29, 1.82) is 0 Å². The molecule has 0 N–H and O–H groups in total. The standard InChI is InChI=1S/C10H17N3O/c1-8(2)13-7-11-12-10(13)9-4-3-5-14-6-9/h7-9H,3-6H2,1-2H3. The number of rotatable bonds is 2. The second kappa shape index (κ2) is 4.09. The van der Waals surface area contributed by atoms with Crippen LogP contribution in [0.4, 0.5) is 0 Å². The maximum absolute atomic E-state index is 5.46. The lowest BCUT2D eigenvalue weighted by Gasteiger charge is -2.22. The fourth-order valence-electron chi connectivity index (χ4n) is 1.89. The highest BCUT2D eigenvalue weighted by atomic mass is 16.5. The van der Waals surface area contributed by atoms with Crippen LogP contribution in [0.5, 0.6) is 0 Å². The molecule has 2 heterocycles. The quantitative estimate of drug-likeness (QED) is 0.721. The van der Waals surface area contributed by atoms with E-state index in [4.69, 9.17) is 4.74 Å². The van der Waals surface area contributed by atoms with Crippen LogP contribution in [-0.2, 0) is 4.74 Å². The Labute approximate surface area is 84.3 Å². The molecule has 1 atom stereocenters. The molecule has 0 radical (unpaired) electrons. The van der Waals surface area contributed by atoms with Crippen LogP contribution in [0.2, 0.25) is 0 Å². The number of aromatic nitrogens is 3. The normalized spacial score (nSPS) is 22.9. The molecular weight excluding hydrogens is 178 g/mol. The molecule has 0 saturated carbocycles. The van der Waals surface area contributed by atoms with Gasteiger partial charge in [-0.05, 0) is 26.7 Å². The van der Waals surface area contributed by atoms with Crippen molar-refractivity contribution in [2.75, 3.05) is 13.2 Å². The largest absolute Gasteiger partial charge is 0.381 e. The minimum Gasteiger partial charge on any atom is -0.381 e. The summed E-state index contributed by atoms with van der Waals surface area (Å²) in [6, 6.07) is 0.432. The summed E-state index contributed by atoms with van der Waals surface area (Å²) in [6.45, 7) is 5.99. The van der Waals surface area contributed by atoms with Gasteiger partial charge in [-0.3, -0.25) is 0 Å². The molecule has 0 spiro atoms. The van der Waals surface area contributed by atoms with E-state index in [0.717, 1.165) is 25.5 Å². The topological polar surface area (TPSA) is 39.9 Å². The van der Waals surface area contributed by atoms with Crippen LogP contribution in [0.25, 0.3) is 0 Å². The minimum atomic E-state index is 0.432. The van der Waals surface area contributed by atoms with Crippen molar-refractivity contribution in [2.45, 2.75) is 38.6 Å². The number of hydrogen-bond acceptors (Lipinski definition) is 3. The Balaban J connectivity index is 2.17. The van der Waals surface area contributed by atoms with E-state index in [1.54, 1.807) is 0 Å². The summed E-state index contributed by atoms with van der Waals surface area (Å²) < 4.78 is 7.60. The second-order valence-electron chi connectivity index (χ2n) is 4.10. The fourth-order valence-corrected chi connectivity index (χ4v) is 1.89. The molecule has 14 heavy (non-hydrogen) atoms. The van der Waals surface area contributed by atoms with Gasteiger partial charge in [-0.1, -0.05) is 0 Å². The molecule has 0 aromatic carbocycles. The molecule has 1 fully saturated rings. The molecule has 0 amide bonds. The number of hydrogen-bond donors (Lipinski definition) is 0. The van der Waals surface area contributed by atoms with E-state index in [2.05, 4.69) is 28.6 Å². The van der Waals surface area contributed by atoms with Gasteiger partial charge in [0.1, 0.15) is 12.2 Å². The van der Waals surface area contributed by atoms with E-state index < -0.39 is 0 Å². The molecule has 4 nitrogen and oxygen atoms in total. The van der Waals surface area contributed by atoms with Crippen LogP contribution in [0.3, 0.4) is 0 Å². The summed E-state index contributed by atoms with van der Waals surface area (Å²) in [4.78, 5) is 0. The van der Waals surface area contributed by atoms with Gasteiger partial charge in [0.05, 0.1) is 6.61 Å². The first-order valence-corrected chi connectivity index (χ1v) is 5.26. The van der Waals surface area contributed by atoms with Crippen molar-refractivity contribution in [3.8, 4) is 0 Å². The van der Waals surface area contributed by atoms with E-state index in [9.17, 15) is 0 Å². The van der Waals surface area contributed by atoms with Gasteiger partial charge in [0.15, 0.2) is 0 Å². The van der Waals surface area contributed by atoms with Crippen molar-refractivity contribution < 1.29 is 4.74 Å². The summed E-state index contributed by atoms with van der Waals surface area (Å²) >= 11 is 0. The summed E-state index contributed by atoms with van der Waals surface area (Å²) in [5, 5.41) is 8.17. The molecule has 1 aromatic rings. The first kappa shape index (κ1) is 9.65. The average Bonchev–Trinajstić information content (AvgIpc) is 2.67. The predicted octanol–water partition coefficient (Wildman–Crippen LogP) is 1.75. The summed E-state index contributed by atoms with van der Waals surface area (Å²) in [5.41, 5.74) is 0. The van der Waals surface area contributed by atoms with E-state index >= 15 is 0 Å². The van der Waals surface area contributed by atoms with Gasteiger partial charge >= 0.3 is 0 Å². The Kier molecular flexibility index (Phi) is 2.82. The Bertz CT molecular complexity index is 289. The predicted molar refractivity (Wildman–Crippen MR) is 53.2 cm³/mol. The third kappa shape index (κ3) is 1.80. The van der Waals surface area contributed by atoms with Gasteiger partial charge in [-0.15, -0.1) is 10.2 Å². The number of nitrogens with zero attached hydrogens (tertiary/aromatic N) is 3. The van der Waals surface area contributed by atoms with Crippen LogP contribution >= 0.6 is 0 Å². The van der Waals surface area contributed by atoms with Gasteiger partial charge in [0.25, 0.3) is 0 Å². The molecule has 0 bridgehead atoms. The highest BCUT2D eigenvalue weighted by Crippen LogP contribution is 2.25. The van der Waals surface area contributed by atoms with Gasteiger partial charge in [0.2, 0.25) is 0 Å². The zero-order valence-corrected chi connectivity index (χ0v) is 8.81. The molecule has 1 aliphatic rings. The lowest BCUT2D eigenvalue weighted by atomic mass is 10.0. The van der Waals surface area contributed by atoms with E-state index in [-0.39, 0.29) is 0 Å². The average molecular weight is 195 g/mol. The molecule has 2 rings (SSSR count). The molecule has 1 saturated heterocycles. The maximum atomic E-state index is 5.46. The van der Waals surface area contributed by atoms with Gasteiger partial charge in [-0.25, -0.2) is 0 Å². The van der Waals surface area contributed by atoms with Gasteiger partial charge in [0, 0.05) is 18.6 Å². The van der Waals surface area contributed by atoms with Crippen LogP contribution in [0, 0.1) is 0 Å². The first-order chi connectivity index (χ1) is 6.79. The lowest BCUT2D eigenvalue weighted by Crippen LogP contribution is -2.20. The van der Waals surface area contributed by atoms with Crippen LogP contribution in [-0.4, -0.2) is 28.0 Å². The Morgan fingerprint density at radius 2 is 2.43 bits per heavy atom. The van der Waals surface area contributed by atoms with Crippen molar-refractivity contribution in [3.05, 3.63) is 12.2 Å². The first-order valence-electron chi connectivity index (χ1n) is 5.26. The summed E-state index contributed by atoms with van der Waals surface area (Å²) in [5.74, 6) is 1.52. The van der Waals surface area contributed by atoms with Crippen LogP contribution in [0.15, 0.2) is 6.33 Å².